The Morgan fingerprint density at radius 3 is 1.45 bits per heavy atom. The van der Waals surface area contributed by atoms with Crippen LogP contribution in [0.1, 0.15) is 114 Å². The van der Waals surface area contributed by atoms with Gasteiger partial charge in [-0.15, -0.1) is 0 Å². The van der Waals surface area contributed by atoms with Crippen molar-refractivity contribution >= 4 is 41.5 Å². The highest BCUT2D eigenvalue weighted by atomic mass is 16.8. The maximum atomic E-state index is 13.9. The molecule has 8 aliphatic rings. The SMILES string of the molecule is CC1=CC(O/C=C2/C(=O)OC3c4ccccc4CC23)OC1=O.CCCCCC/C=C\CCCOc1cccc(C(=O)N[C@@H]2C(O[C@@H]3C(CO)O[C@@H](OC4C(CO)O[C@@H](O[C@@H]5C(CO)OC(OC6C(CO)OC(O)[C@@H](NC(C)=O)[C@H]6O)C(NC(C)=O)C5O)[C@@H](NC(C)=O)[C@H]4O)C(NC(C)=O)C3O)OC(CO)[C@@H](O)[C@@H]2O)c1. The molecule has 2 aromatic rings. The summed E-state index contributed by atoms with van der Waals surface area (Å²) in [6.07, 6.45) is -21.7. The molecular weight excluding hydrogens is 1460 g/mol. The van der Waals surface area contributed by atoms with Crippen LogP contribution in [-0.4, -0.2) is 302 Å². The highest BCUT2D eigenvalue weighted by molar-refractivity contribution is 5.95. The average molecular weight is 1560 g/mol. The fourth-order valence-corrected chi connectivity index (χ4v) is 14.3. The minimum atomic E-state index is -2.03. The lowest BCUT2D eigenvalue weighted by molar-refractivity contribution is -0.367. The number of cyclic esters (lactones) is 1. The summed E-state index contributed by atoms with van der Waals surface area (Å²) >= 11 is 0. The van der Waals surface area contributed by atoms with Crippen LogP contribution in [0.3, 0.4) is 0 Å². The van der Waals surface area contributed by atoms with Crippen LogP contribution in [0.2, 0.25) is 0 Å². The molecule has 0 bridgehead atoms. The second-order valence-corrected chi connectivity index (χ2v) is 27.9. The van der Waals surface area contributed by atoms with E-state index in [1.54, 1.807) is 25.1 Å². The molecule has 10 rings (SSSR count). The number of esters is 2. The molecule has 0 radical (unpaired) electrons. The molecule has 7 heterocycles. The summed E-state index contributed by atoms with van der Waals surface area (Å²) in [4.78, 5) is 87.4. The molecule has 17 N–H and O–H groups in total. The number of aliphatic hydroxyl groups is 12. The quantitative estimate of drug-likeness (QED) is 0.0112. The predicted octanol–water partition coefficient (Wildman–Crippen LogP) is -4.04. The topological polar surface area (TPSA) is 542 Å². The smallest absolute Gasteiger partial charge is 0.338 e. The van der Waals surface area contributed by atoms with Crippen molar-refractivity contribution in [3.63, 3.8) is 0 Å². The van der Waals surface area contributed by atoms with E-state index >= 15 is 0 Å². The van der Waals surface area contributed by atoms with Gasteiger partial charge < -0.3 is 149 Å². The highest BCUT2D eigenvalue weighted by Crippen LogP contribution is 2.48. The number of ether oxygens (including phenoxy) is 13. The fourth-order valence-electron chi connectivity index (χ4n) is 14.3. The number of allylic oxidation sites excluding steroid dienone is 2. The van der Waals surface area contributed by atoms with Crippen LogP contribution in [0, 0.1) is 5.92 Å². The van der Waals surface area contributed by atoms with Crippen molar-refractivity contribution in [3.05, 3.63) is 101 Å². The van der Waals surface area contributed by atoms with Gasteiger partial charge in [-0.2, -0.15) is 0 Å². The molecule has 5 amide bonds. The van der Waals surface area contributed by atoms with Gasteiger partial charge in [0.05, 0.1) is 51.5 Å². The third-order valence-corrected chi connectivity index (χ3v) is 19.8. The van der Waals surface area contributed by atoms with Crippen molar-refractivity contribution in [2.75, 3.05) is 39.6 Å². The zero-order valence-electron chi connectivity index (χ0n) is 61.5. The van der Waals surface area contributed by atoms with Gasteiger partial charge in [0, 0.05) is 50.8 Å². The van der Waals surface area contributed by atoms with Crippen LogP contribution in [-0.2, 0) is 92.0 Å². The molecule has 37 nitrogen and oxygen atoms in total. The summed E-state index contributed by atoms with van der Waals surface area (Å²) in [5, 5.41) is 145. The highest BCUT2D eigenvalue weighted by Gasteiger charge is 2.58. The number of nitrogens with one attached hydrogen (secondary N) is 5. The second kappa shape index (κ2) is 40.4. The summed E-state index contributed by atoms with van der Waals surface area (Å²) in [5.74, 6) is -4.34. The van der Waals surface area contributed by atoms with Gasteiger partial charge in [-0.25, -0.2) is 9.59 Å². The number of carbonyl (C=O) groups is 7. The Hall–Kier alpha value is -7.29. The van der Waals surface area contributed by atoms with Crippen LogP contribution in [0.4, 0.5) is 0 Å². The molecule has 28 atom stereocenters. The zero-order chi connectivity index (χ0) is 79.8. The van der Waals surface area contributed by atoms with Crippen molar-refractivity contribution < 1.29 is 156 Å². The van der Waals surface area contributed by atoms with Gasteiger partial charge in [0.15, 0.2) is 31.5 Å². The molecule has 17 unspecified atom stereocenters. The van der Waals surface area contributed by atoms with E-state index in [4.69, 9.17) is 61.6 Å². The van der Waals surface area contributed by atoms with Gasteiger partial charge in [0.1, 0.15) is 134 Å². The Labute approximate surface area is 633 Å². The van der Waals surface area contributed by atoms with E-state index in [1.807, 2.05) is 24.3 Å². The molecule has 110 heavy (non-hydrogen) atoms. The third-order valence-electron chi connectivity index (χ3n) is 19.8. The van der Waals surface area contributed by atoms with E-state index in [9.17, 15) is 94.8 Å². The Morgan fingerprint density at radius 2 is 0.973 bits per heavy atom. The van der Waals surface area contributed by atoms with Crippen LogP contribution in [0.25, 0.3) is 0 Å². The summed E-state index contributed by atoms with van der Waals surface area (Å²) in [6.45, 7) is 3.67. The van der Waals surface area contributed by atoms with Crippen molar-refractivity contribution in [1.82, 2.24) is 26.6 Å². The molecule has 0 spiro atoms. The Balaban J connectivity index is 0.000000532. The third kappa shape index (κ3) is 21.3. The van der Waals surface area contributed by atoms with E-state index in [0.717, 1.165) is 65.4 Å². The lowest BCUT2D eigenvalue weighted by atomic mass is 9.93. The van der Waals surface area contributed by atoms with Gasteiger partial charge in [0.25, 0.3) is 12.2 Å². The van der Waals surface area contributed by atoms with E-state index in [1.165, 1.54) is 36.8 Å². The maximum Gasteiger partial charge on any atom is 0.338 e. The number of fused-ring (bicyclic) bond motifs is 3. The van der Waals surface area contributed by atoms with Crippen molar-refractivity contribution in [1.29, 1.82) is 0 Å². The molecule has 0 aromatic heterocycles. The number of rotatable bonds is 31. The molecule has 2 aromatic carbocycles. The number of amides is 5. The summed E-state index contributed by atoms with van der Waals surface area (Å²) in [7, 11) is 0. The molecule has 6 fully saturated rings. The number of hydrogen-bond acceptors (Lipinski definition) is 32. The average Bonchev–Trinajstić information content (AvgIpc) is 1.38. The molecular formula is C73H103N5O32. The van der Waals surface area contributed by atoms with Gasteiger partial charge in [0.2, 0.25) is 23.6 Å². The number of aliphatic hydroxyl groups excluding tert-OH is 12. The van der Waals surface area contributed by atoms with E-state index in [-0.39, 0.29) is 23.6 Å². The molecule has 7 aliphatic heterocycles. The summed E-state index contributed by atoms with van der Waals surface area (Å²) < 4.78 is 75.7. The molecule has 0 saturated carbocycles. The van der Waals surface area contributed by atoms with Crippen LogP contribution in [0.5, 0.6) is 5.75 Å². The van der Waals surface area contributed by atoms with Crippen molar-refractivity contribution in [2.45, 2.75) is 259 Å². The number of carbonyl (C=O) groups excluding carboxylic acids is 7. The molecule has 612 valence electrons. The van der Waals surface area contributed by atoms with Crippen LogP contribution in [0.15, 0.2) is 84.2 Å². The van der Waals surface area contributed by atoms with E-state index in [2.05, 4.69) is 45.7 Å². The second-order valence-electron chi connectivity index (χ2n) is 27.9. The summed E-state index contributed by atoms with van der Waals surface area (Å²) in [6, 6.07) is 5.78. The van der Waals surface area contributed by atoms with E-state index < -0.39 is 228 Å². The normalized spacial score (nSPS) is 36.3. The fraction of sp³-hybridized carbons (Fsp3) is 0.658. The van der Waals surface area contributed by atoms with Gasteiger partial charge in [-0.1, -0.05) is 68.7 Å². The van der Waals surface area contributed by atoms with Crippen LogP contribution >= 0.6 is 0 Å². The standard InChI is InChI=1S/C56H89N5O27.C17H14O5/c1-6-7-8-9-10-11-12-13-14-18-79-30-17-15-16-29(19-30)51(77)61-37-42(72)41(71)31(20-62)81-53(37)86-48-33(22-64)83-55(39(44(48)74)59-27(4)69)88-50-35(24-66)84-56(40(46(50)76)60-28(5)70)87-49-34(23-65)82-54(38(45(49)75)58-26(3)68)85-47-32(21-63)80-52(78)36(43(47)73)57-25(2)67;1-9-6-14(21-16(9)18)20-8-13-12-7-10-4-2-3-5-11(10)15(12)22-17(13)19/h11-12,15-17,19,31-50,52-56,62-66,71-76,78H,6-10,13-14,18,20-24H2,1-5H3,(H,57,67)(H,58,68)(H,59,69)(H,60,70)(H,61,77);2-6,8,12,14-15H,7H2,1H3/b12-11-;13-8+/t31?,32?,33?,34?,35?,36-,37-,38?,39?,40-,41+,42+,43+,44?,45?,46+,47?,48+,49+,50?,52?,53?,54?,55-,56-;/m0./s1. The van der Waals surface area contributed by atoms with Crippen molar-refractivity contribution in [2.24, 2.45) is 5.92 Å². The number of hydrogen-bond donors (Lipinski definition) is 17. The predicted molar refractivity (Wildman–Crippen MR) is 373 cm³/mol. The first-order valence-electron chi connectivity index (χ1n) is 36.6. The molecule has 1 aliphatic carbocycles. The first-order valence-corrected chi connectivity index (χ1v) is 36.6. The minimum Gasteiger partial charge on any atom is -0.494 e. The molecule has 6 saturated heterocycles. The first kappa shape index (κ1) is 86.7. The van der Waals surface area contributed by atoms with Crippen LogP contribution < -0.4 is 31.3 Å². The van der Waals surface area contributed by atoms with Gasteiger partial charge in [-0.05, 0) is 68.4 Å². The summed E-state index contributed by atoms with van der Waals surface area (Å²) in [5.41, 5.74) is 3.31. The maximum absolute atomic E-state index is 13.9. The van der Waals surface area contributed by atoms with Gasteiger partial charge >= 0.3 is 11.9 Å². The molecule has 37 heteroatoms. The Bertz CT molecular complexity index is 3520. The Morgan fingerprint density at radius 1 is 0.509 bits per heavy atom. The van der Waals surface area contributed by atoms with Crippen molar-refractivity contribution in [3.8, 4) is 5.75 Å². The Kier molecular flexibility index (Phi) is 31.9. The lowest BCUT2D eigenvalue weighted by Gasteiger charge is -2.51. The minimum absolute atomic E-state index is 0.0351. The lowest BCUT2D eigenvalue weighted by Crippen LogP contribution is -2.72. The zero-order valence-corrected chi connectivity index (χ0v) is 61.5. The number of benzene rings is 2. The first-order chi connectivity index (χ1) is 52.6. The number of unbranched alkanes of at least 4 members (excludes halogenated alkanes) is 5. The monoisotopic (exact) mass is 1560 g/mol. The largest absolute Gasteiger partial charge is 0.494 e. The van der Waals surface area contributed by atoms with Gasteiger partial charge in [-0.3, -0.25) is 24.0 Å². The van der Waals surface area contributed by atoms with E-state index in [0.29, 0.717) is 29.9 Å².